The number of aromatic nitrogens is 6. The number of fused-ring (bicyclic) bond motifs is 10. The number of H-pyrrole nitrogens is 2. The summed E-state index contributed by atoms with van der Waals surface area (Å²) in [5.74, 6) is 0.135. The minimum absolute atomic E-state index is 0.0674. The molecule has 18 rings (SSSR count). The van der Waals surface area contributed by atoms with Crippen LogP contribution in [-0.4, -0.2) is 103 Å². The third kappa shape index (κ3) is 13.6. The van der Waals surface area contributed by atoms with Crippen molar-refractivity contribution in [3.8, 4) is 0 Å². The second kappa shape index (κ2) is 29.2. The van der Waals surface area contributed by atoms with E-state index >= 15 is 0 Å². The lowest BCUT2D eigenvalue weighted by Gasteiger charge is -2.16. The molecule has 18 heteroatoms. The van der Waals surface area contributed by atoms with Crippen molar-refractivity contribution in [1.82, 2.24) is 19.8 Å². The molecule has 0 radical (unpaired) electrons. The molecule has 0 amide bonds. The highest BCUT2D eigenvalue weighted by Crippen LogP contribution is 2.42. The van der Waals surface area contributed by atoms with Crippen molar-refractivity contribution in [2.45, 2.75) is 12.8 Å². The highest BCUT2D eigenvalue weighted by atomic mass is 16.3. The zero-order valence-corrected chi connectivity index (χ0v) is 62.8. The van der Waals surface area contributed by atoms with Crippen LogP contribution in [0.4, 0.5) is 0 Å². The highest BCUT2D eigenvalue weighted by Gasteiger charge is 2.32. The van der Waals surface area contributed by atoms with E-state index in [-0.39, 0.29) is 11.8 Å². The number of aryl methyl sites for hydroxylation is 4. The van der Waals surface area contributed by atoms with Crippen molar-refractivity contribution in [1.29, 1.82) is 0 Å². The molecule has 6 N–H and O–H groups in total. The maximum absolute atomic E-state index is 11.6. The molecule has 0 fully saturated rings. The van der Waals surface area contributed by atoms with Gasteiger partial charge in [-0.2, -0.15) is 0 Å². The van der Waals surface area contributed by atoms with E-state index in [2.05, 4.69) is 240 Å². The van der Waals surface area contributed by atoms with Crippen LogP contribution in [0, 0.1) is 0 Å². The van der Waals surface area contributed by atoms with E-state index in [1.54, 1.807) is 0 Å². The molecule has 8 aromatic rings. The van der Waals surface area contributed by atoms with Crippen LogP contribution in [0.2, 0.25) is 0 Å². The van der Waals surface area contributed by atoms with Crippen molar-refractivity contribution in [3.63, 3.8) is 0 Å². The van der Waals surface area contributed by atoms with Gasteiger partial charge in [0.2, 0.25) is 0 Å². The Kier molecular flexibility index (Phi) is 18.1. The number of rotatable bonds is 13. The number of unbranched alkanes of at least 4 members (excludes halogenated alkanes) is 1. The molecule has 16 bridgehead atoms. The van der Waals surface area contributed by atoms with Crippen LogP contribution in [-0.2, 0) is 28.2 Å². The molecule has 0 aliphatic carbocycles. The van der Waals surface area contributed by atoms with Gasteiger partial charge in [-0.05, 0) is 190 Å². The first-order chi connectivity index (χ1) is 54.7. The number of aliphatic imine (C=N–C) groups is 6. The number of allylic oxidation sites excluding steroid dienone is 23. The minimum atomic E-state index is 0.0674. The van der Waals surface area contributed by atoms with Crippen molar-refractivity contribution in [3.05, 3.63) is 411 Å². The summed E-state index contributed by atoms with van der Waals surface area (Å²) in [6.45, 7) is 0.998. The van der Waals surface area contributed by atoms with E-state index in [1.807, 2.05) is 144 Å². The summed E-state index contributed by atoms with van der Waals surface area (Å²) in [5, 5.41) is 23.3. The zero-order valence-electron chi connectivity index (χ0n) is 62.8. The summed E-state index contributed by atoms with van der Waals surface area (Å²) in [4.78, 5) is 51.1. The predicted molar refractivity (Wildman–Crippen MR) is 444 cm³/mol. The van der Waals surface area contributed by atoms with E-state index in [1.165, 1.54) is 0 Å². The smallest absolute Gasteiger partial charge is 0.365 e. The molecule has 16 heterocycles. The van der Waals surface area contributed by atoms with Crippen LogP contribution in [0.15, 0.2) is 374 Å². The Labute approximate surface area is 648 Å². The van der Waals surface area contributed by atoms with Crippen LogP contribution in [0.3, 0.4) is 0 Å². The molecule has 18 nitrogen and oxygen atoms in total. The maximum Gasteiger partial charge on any atom is 0.365 e. The topological polar surface area (TPSA) is 196 Å². The number of aliphatic hydroxyl groups is 2. The third-order valence-corrected chi connectivity index (χ3v) is 21.0. The second-order valence-corrected chi connectivity index (χ2v) is 28.8. The summed E-state index contributed by atoms with van der Waals surface area (Å²) in [6.07, 6.45) is 59.6. The van der Waals surface area contributed by atoms with Gasteiger partial charge in [0.25, 0.3) is 0 Å². The van der Waals surface area contributed by atoms with Gasteiger partial charge in [0.05, 0.1) is 79.6 Å². The quantitative estimate of drug-likeness (QED) is 0.0289. The SMILES string of the molecule is CN1C=CC(=C2C3=NC(=C(c4cc[n+](C)cc4)C4=NC(=C(c5cc[n+](C)cc5)c5ccc([nH]5)C(c5ccc(C(O)=[NH+]CCCC[NH+]=C(O)c6ccc(C7=C8C=CC(=N8)C(c8cc[n+](C)cc8)=C8C=CC(=N8)C(c8cc[n+](C)cc8)=C8C=CC(=N8)C(=C8C=CN(C)C=C8)c8ccc7[nH]8)cc6)cc5)=C5C=CC2=N5)C=C4)C=C3)C=C1. The Hall–Kier alpha value is -14.5. The number of hydrogen-bond acceptors (Lipinski definition) is 8. The molecule has 2 aromatic carbocycles. The van der Waals surface area contributed by atoms with Gasteiger partial charge in [-0.3, -0.25) is 0 Å². The molecule has 10 aliphatic heterocycles. The zero-order chi connectivity index (χ0) is 76.1. The van der Waals surface area contributed by atoms with Crippen molar-refractivity contribution < 1.29 is 38.5 Å². The third-order valence-electron chi connectivity index (χ3n) is 21.0. The highest BCUT2D eigenvalue weighted by molar-refractivity contribution is 6.39. The molecule has 6 aromatic heterocycles. The van der Waals surface area contributed by atoms with Crippen LogP contribution >= 0.6 is 0 Å². The molecule has 112 heavy (non-hydrogen) atoms. The fraction of sp³-hybridized carbons (Fsp3) is 0.106. The maximum atomic E-state index is 11.6. The minimum Gasteiger partial charge on any atom is -0.460 e. The van der Waals surface area contributed by atoms with Gasteiger partial charge in [0.15, 0.2) is 49.6 Å². The Morgan fingerprint density at radius 1 is 0.295 bits per heavy atom. The van der Waals surface area contributed by atoms with Crippen LogP contribution in [0.5, 0.6) is 0 Å². The summed E-state index contributed by atoms with van der Waals surface area (Å²) in [6, 6.07) is 41.3. The average molecular weight is 1470 g/mol. The Bertz CT molecular complexity index is 6200. The molecular formula is C94H80N16O2+6. The number of benzene rings is 2. The number of pyridine rings is 4. The van der Waals surface area contributed by atoms with Gasteiger partial charge in [-0.25, -0.2) is 58.2 Å². The largest absolute Gasteiger partial charge is 0.460 e. The van der Waals surface area contributed by atoms with Crippen molar-refractivity contribution in [2.24, 2.45) is 58.1 Å². The molecule has 0 unspecified atom stereocenters. The van der Waals surface area contributed by atoms with Gasteiger partial charge >= 0.3 is 11.8 Å². The van der Waals surface area contributed by atoms with Gasteiger partial charge in [0, 0.05) is 168 Å². The van der Waals surface area contributed by atoms with Crippen LogP contribution < -0.4 is 28.3 Å². The van der Waals surface area contributed by atoms with E-state index < -0.39 is 0 Å². The van der Waals surface area contributed by atoms with Crippen molar-refractivity contribution in [2.75, 3.05) is 27.2 Å². The number of aromatic amines is 2. The predicted octanol–water partition coefficient (Wildman–Crippen LogP) is 10.5. The van der Waals surface area contributed by atoms with Gasteiger partial charge in [-0.1, -0.05) is 24.3 Å². The van der Waals surface area contributed by atoms with Crippen molar-refractivity contribution >= 4 is 85.1 Å². The van der Waals surface area contributed by atoms with Gasteiger partial charge < -0.3 is 30.0 Å². The van der Waals surface area contributed by atoms with E-state index in [9.17, 15) is 10.2 Å². The molecule has 0 saturated heterocycles. The van der Waals surface area contributed by atoms with E-state index in [0.29, 0.717) is 37.1 Å². The Morgan fingerprint density at radius 3 is 0.839 bits per heavy atom. The first-order valence-electron chi connectivity index (χ1n) is 37.5. The van der Waals surface area contributed by atoms with E-state index in [4.69, 9.17) is 30.0 Å². The summed E-state index contributed by atoms with van der Waals surface area (Å²) < 4.78 is 8.11. The standard InChI is InChI=1S/C94H76N16O2/c1-105-47-33-61(34-48-105)87-73-21-17-69(97-73)85(70-18-22-74(98-70)88(62-35-49-106(2)50-36-62)78-26-30-82(102-78)91(81-29-25-77(87)101-81)65-41-55-109(5)56-42-65)59-9-13-67(14-10-59)93(111)95-45-7-8-46-96-94(112)68-15-11-60(12-16-68)86-71-19-23-75(99-71)89(63-37-51-107(3)52-38-63)79-27-31-83(103-79)92(66-43-57-110(6)58-44-66)84-32-28-80(104-84)90(76-24-20-72(86)100-76)64-39-53-108(4)54-40-64/h9-44,47-58H,7-8,45-46H2,1-6H3,(H2-2,95,96,97,98,99,100,101,102,103,104,111,112)/q+2/p+4. The average Bonchev–Trinajstić information content (AvgIpc) is 1.61. The number of aliphatic hydroxyl groups excluding tert-OH is 2. The number of hydrogen-bond donors (Lipinski definition) is 6. The lowest BCUT2D eigenvalue weighted by atomic mass is 9.97. The lowest BCUT2D eigenvalue weighted by Crippen LogP contribution is -2.75. The Morgan fingerprint density at radius 2 is 0.536 bits per heavy atom. The molecule has 0 spiro atoms. The number of nitrogens with one attached hydrogen (secondary N) is 4. The Balaban J connectivity index is 0.617. The fourth-order valence-corrected chi connectivity index (χ4v) is 15.2. The summed E-state index contributed by atoms with van der Waals surface area (Å²) in [7, 11) is 12.1. The molecular weight excluding hydrogens is 1390 g/mol. The molecule has 542 valence electrons. The normalized spacial score (nSPS) is 17.7. The van der Waals surface area contributed by atoms with Crippen LogP contribution in [0.25, 0.3) is 39.0 Å². The van der Waals surface area contributed by atoms with E-state index in [0.717, 1.165) is 180 Å². The van der Waals surface area contributed by atoms with Gasteiger partial charge in [-0.15, -0.1) is 0 Å². The summed E-state index contributed by atoms with van der Waals surface area (Å²) in [5.41, 5.74) is 29.4. The molecule has 10 aliphatic rings. The first kappa shape index (κ1) is 69.2. The molecule has 0 saturated carbocycles. The second-order valence-electron chi connectivity index (χ2n) is 28.8. The monoisotopic (exact) mass is 1460 g/mol. The van der Waals surface area contributed by atoms with Gasteiger partial charge in [0.1, 0.15) is 41.3 Å². The first-order valence-corrected chi connectivity index (χ1v) is 37.5. The summed E-state index contributed by atoms with van der Waals surface area (Å²) >= 11 is 0. The van der Waals surface area contributed by atoms with Crippen LogP contribution in [0.1, 0.15) is 80.1 Å². The number of nitrogens with zero attached hydrogens (tertiary/aromatic N) is 12. The fourth-order valence-electron chi connectivity index (χ4n) is 15.2. The molecule has 0 atom stereocenters. The lowest BCUT2D eigenvalue weighted by molar-refractivity contribution is -0.671.